The van der Waals surface area contributed by atoms with Gasteiger partial charge in [-0.1, -0.05) is 6.42 Å². The van der Waals surface area contributed by atoms with Crippen molar-refractivity contribution >= 4 is 0 Å². The summed E-state index contributed by atoms with van der Waals surface area (Å²) in [5, 5.41) is 3.47. The second kappa shape index (κ2) is 4.87. The van der Waals surface area contributed by atoms with Crippen molar-refractivity contribution < 1.29 is 4.74 Å². The van der Waals surface area contributed by atoms with E-state index in [0.29, 0.717) is 5.41 Å². The summed E-state index contributed by atoms with van der Waals surface area (Å²) in [6, 6.07) is 0.843. The molecule has 1 N–H and O–H groups in total. The van der Waals surface area contributed by atoms with E-state index in [1.807, 2.05) is 7.11 Å². The second-order valence-corrected chi connectivity index (χ2v) is 6.28. The van der Waals surface area contributed by atoms with Crippen LogP contribution in [0.1, 0.15) is 32.1 Å². The average molecular weight is 238 g/mol. The van der Waals surface area contributed by atoms with Gasteiger partial charge in [-0.15, -0.1) is 0 Å². The summed E-state index contributed by atoms with van der Waals surface area (Å²) >= 11 is 0. The molecule has 1 saturated carbocycles. The lowest BCUT2D eigenvalue weighted by Gasteiger charge is -2.43. The molecule has 3 rings (SSSR count). The molecule has 0 aromatic rings. The topological polar surface area (TPSA) is 24.5 Å². The molecular weight excluding hydrogens is 212 g/mol. The number of hydrogen-bond donors (Lipinski definition) is 1. The van der Waals surface area contributed by atoms with E-state index in [0.717, 1.165) is 18.6 Å². The zero-order chi connectivity index (χ0) is 11.7. The third-order valence-electron chi connectivity index (χ3n) is 5.38. The fraction of sp³-hybridized carbons (Fsp3) is 1.00. The molecule has 2 saturated heterocycles. The lowest BCUT2D eigenvalue weighted by Crippen LogP contribution is -2.44. The van der Waals surface area contributed by atoms with Crippen LogP contribution in [0.5, 0.6) is 0 Å². The number of nitrogens with one attached hydrogen (secondary N) is 1. The summed E-state index contributed by atoms with van der Waals surface area (Å²) in [6.07, 6.45) is 7.02. The van der Waals surface area contributed by atoms with Crippen molar-refractivity contribution in [3.05, 3.63) is 0 Å². The van der Waals surface area contributed by atoms with Crippen LogP contribution in [-0.2, 0) is 4.74 Å². The van der Waals surface area contributed by atoms with Crippen LogP contribution in [-0.4, -0.2) is 50.8 Å². The first kappa shape index (κ1) is 11.9. The maximum absolute atomic E-state index is 5.45. The Labute approximate surface area is 105 Å². The van der Waals surface area contributed by atoms with Crippen LogP contribution in [0.15, 0.2) is 0 Å². The third kappa shape index (κ3) is 2.13. The Morgan fingerprint density at radius 1 is 1.29 bits per heavy atom. The number of hydrogen-bond acceptors (Lipinski definition) is 3. The zero-order valence-corrected chi connectivity index (χ0v) is 11.1. The van der Waals surface area contributed by atoms with Crippen molar-refractivity contribution in [3.63, 3.8) is 0 Å². The van der Waals surface area contributed by atoms with Gasteiger partial charge in [0.15, 0.2) is 0 Å². The van der Waals surface area contributed by atoms with Gasteiger partial charge in [-0.05, 0) is 44.2 Å². The highest BCUT2D eigenvalue weighted by Crippen LogP contribution is 2.52. The number of nitrogens with zero attached hydrogens (tertiary/aromatic N) is 1. The molecule has 1 unspecified atom stereocenters. The molecule has 3 fully saturated rings. The molecule has 0 radical (unpaired) electrons. The van der Waals surface area contributed by atoms with E-state index in [1.54, 1.807) is 0 Å². The lowest BCUT2D eigenvalue weighted by molar-refractivity contribution is 0.0357. The van der Waals surface area contributed by atoms with Crippen molar-refractivity contribution in [2.24, 2.45) is 11.3 Å². The van der Waals surface area contributed by atoms with Crippen LogP contribution in [0.25, 0.3) is 0 Å². The zero-order valence-electron chi connectivity index (χ0n) is 11.1. The smallest absolute Gasteiger partial charge is 0.0508 e. The van der Waals surface area contributed by atoms with Crippen molar-refractivity contribution in [3.8, 4) is 0 Å². The monoisotopic (exact) mass is 238 g/mol. The molecule has 2 aliphatic heterocycles. The van der Waals surface area contributed by atoms with Gasteiger partial charge < -0.3 is 10.1 Å². The summed E-state index contributed by atoms with van der Waals surface area (Å²) in [5.41, 5.74) is 0.640. The molecule has 3 heteroatoms. The molecule has 0 aromatic carbocycles. The number of likely N-dealkylation sites (tertiary alicyclic amines) is 1. The van der Waals surface area contributed by atoms with Crippen LogP contribution in [0.4, 0.5) is 0 Å². The number of piperidine rings is 1. The van der Waals surface area contributed by atoms with Crippen molar-refractivity contribution in [2.75, 3.05) is 39.9 Å². The Morgan fingerprint density at radius 3 is 2.65 bits per heavy atom. The van der Waals surface area contributed by atoms with E-state index in [2.05, 4.69) is 10.2 Å². The van der Waals surface area contributed by atoms with Gasteiger partial charge in [0.1, 0.15) is 0 Å². The molecule has 0 amide bonds. The van der Waals surface area contributed by atoms with Crippen molar-refractivity contribution in [1.82, 2.24) is 10.2 Å². The number of methoxy groups -OCH3 is 1. The fourth-order valence-corrected chi connectivity index (χ4v) is 4.15. The van der Waals surface area contributed by atoms with E-state index < -0.39 is 0 Å². The predicted octanol–water partition coefficient (Wildman–Crippen LogP) is 1.49. The molecule has 0 aromatic heterocycles. The van der Waals surface area contributed by atoms with E-state index in [1.165, 1.54) is 58.3 Å². The maximum atomic E-state index is 5.45. The van der Waals surface area contributed by atoms with Gasteiger partial charge in [0, 0.05) is 32.2 Å². The highest BCUT2D eigenvalue weighted by atomic mass is 16.5. The van der Waals surface area contributed by atoms with E-state index >= 15 is 0 Å². The highest BCUT2D eigenvalue weighted by molar-refractivity contribution is 5.03. The third-order valence-corrected chi connectivity index (χ3v) is 5.38. The average Bonchev–Trinajstić information content (AvgIpc) is 2.70. The van der Waals surface area contributed by atoms with Gasteiger partial charge in [-0.25, -0.2) is 0 Å². The van der Waals surface area contributed by atoms with E-state index in [-0.39, 0.29) is 0 Å². The largest absolute Gasteiger partial charge is 0.384 e. The standard InChI is InChI=1S/C14H26N2O/c1-17-10-12-9-16(11-14(12)5-2-6-14)13-3-7-15-8-4-13/h12-13,15H,2-11H2,1H3. The summed E-state index contributed by atoms with van der Waals surface area (Å²) in [4.78, 5) is 2.78. The normalized spacial score (nSPS) is 34.1. The highest BCUT2D eigenvalue weighted by Gasteiger charge is 2.51. The molecule has 2 heterocycles. The van der Waals surface area contributed by atoms with Gasteiger partial charge >= 0.3 is 0 Å². The first-order valence-corrected chi connectivity index (χ1v) is 7.28. The molecule has 0 bridgehead atoms. The molecule has 1 atom stereocenters. The molecule has 98 valence electrons. The molecule has 1 spiro atoms. The molecule has 1 aliphatic carbocycles. The molecule has 3 aliphatic rings. The fourth-order valence-electron chi connectivity index (χ4n) is 4.15. The lowest BCUT2D eigenvalue weighted by atomic mass is 9.63. The Balaban J connectivity index is 1.64. The van der Waals surface area contributed by atoms with Crippen molar-refractivity contribution in [1.29, 1.82) is 0 Å². The summed E-state index contributed by atoms with van der Waals surface area (Å²) in [6.45, 7) is 6.04. The Bertz CT molecular complexity index is 259. The number of ether oxygens (including phenoxy) is 1. The molecule has 3 nitrogen and oxygen atoms in total. The maximum Gasteiger partial charge on any atom is 0.0508 e. The Hall–Kier alpha value is -0.120. The van der Waals surface area contributed by atoms with Gasteiger partial charge in [0.2, 0.25) is 0 Å². The van der Waals surface area contributed by atoms with E-state index in [9.17, 15) is 0 Å². The first-order chi connectivity index (χ1) is 8.34. The SMILES string of the molecule is COCC1CN(C2CCNCC2)CC12CCC2. The molecular formula is C14H26N2O. The van der Waals surface area contributed by atoms with Crippen LogP contribution < -0.4 is 5.32 Å². The summed E-state index contributed by atoms with van der Waals surface area (Å²) in [5.74, 6) is 0.802. The first-order valence-electron chi connectivity index (χ1n) is 7.28. The minimum absolute atomic E-state index is 0.640. The van der Waals surface area contributed by atoms with Crippen LogP contribution in [0, 0.1) is 11.3 Å². The van der Waals surface area contributed by atoms with Crippen LogP contribution >= 0.6 is 0 Å². The van der Waals surface area contributed by atoms with Crippen LogP contribution in [0.2, 0.25) is 0 Å². The Morgan fingerprint density at radius 2 is 2.06 bits per heavy atom. The quantitative estimate of drug-likeness (QED) is 0.806. The predicted molar refractivity (Wildman–Crippen MR) is 69.1 cm³/mol. The van der Waals surface area contributed by atoms with Crippen molar-refractivity contribution in [2.45, 2.75) is 38.1 Å². The summed E-state index contributed by atoms with van der Waals surface area (Å²) < 4.78 is 5.45. The summed E-state index contributed by atoms with van der Waals surface area (Å²) in [7, 11) is 1.86. The minimum atomic E-state index is 0.640. The van der Waals surface area contributed by atoms with Gasteiger partial charge in [0.25, 0.3) is 0 Å². The van der Waals surface area contributed by atoms with E-state index in [4.69, 9.17) is 4.74 Å². The Kier molecular flexibility index (Phi) is 3.42. The second-order valence-electron chi connectivity index (χ2n) is 6.28. The number of rotatable bonds is 3. The van der Waals surface area contributed by atoms with Gasteiger partial charge in [-0.3, -0.25) is 4.90 Å². The van der Waals surface area contributed by atoms with Crippen LogP contribution in [0.3, 0.4) is 0 Å². The molecule has 17 heavy (non-hydrogen) atoms. The minimum Gasteiger partial charge on any atom is -0.384 e. The van der Waals surface area contributed by atoms with Gasteiger partial charge in [0.05, 0.1) is 6.61 Å². The van der Waals surface area contributed by atoms with Gasteiger partial charge in [-0.2, -0.15) is 0 Å².